The van der Waals surface area contributed by atoms with Crippen molar-refractivity contribution in [3.8, 4) is 11.5 Å². The van der Waals surface area contributed by atoms with E-state index in [1.807, 2.05) is 48.5 Å². The standard InChI is InChI=1S/C17H14INO3.C9H10ClIO.C8H5NO2.K/c18-12-6-8-13(9-7-12)22-11-3-10-19-16(20)14-4-1-2-5-15(14)17(19)21;10-6-1-7-12-9-4-2-8(11)3-5-9;10-7-5-3-1-2-4-6(5)8(11)9-7;/h1-2,4-9H,3,10-11H2;2-5H,1,6-7H2;1-4H,(H,9,10,11);/q;;;+1/p-1. The quantitative estimate of drug-likeness (QED) is 0.0771. The Morgan fingerprint density at radius 3 is 1.39 bits per heavy atom. The number of fused-ring (bicyclic) bond motifs is 2. The van der Waals surface area contributed by atoms with Gasteiger partial charge in [0, 0.05) is 30.7 Å². The van der Waals surface area contributed by atoms with Crippen molar-refractivity contribution in [3.63, 3.8) is 0 Å². The van der Waals surface area contributed by atoms with Crippen LogP contribution in [0.25, 0.3) is 5.32 Å². The third-order valence-electron chi connectivity index (χ3n) is 6.44. The first kappa shape index (κ1) is 38.6. The Labute approximate surface area is 342 Å². The van der Waals surface area contributed by atoms with Gasteiger partial charge < -0.3 is 24.4 Å². The smallest absolute Gasteiger partial charge is 0.587 e. The summed E-state index contributed by atoms with van der Waals surface area (Å²) in [6.07, 6.45) is 1.50. The van der Waals surface area contributed by atoms with Crippen molar-refractivity contribution < 1.29 is 80.0 Å². The molecule has 4 aromatic carbocycles. The average Bonchev–Trinajstić information content (AvgIpc) is 3.48. The molecule has 0 atom stereocenters. The first-order valence-electron chi connectivity index (χ1n) is 14.0. The van der Waals surface area contributed by atoms with E-state index in [1.165, 1.54) is 8.47 Å². The van der Waals surface area contributed by atoms with Gasteiger partial charge in [0.05, 0.1) is 36.2 Å². The molecule has 0 aliphatic carbocycles. The zero-order chi connectivity index (χ0) is 32.2. The Bertz CT molecular complexity index is 1590. The summed E-state index contributed by atoms with van der Waals surface area (Å²) in [4.78, 5) is 47.4. The Kier molecular flexibility index (Phi) is 16.6. The molecule has 8 nitrogen and oxygen atoms in total. The predicted octanol–water partition coefficient (Wildman–Crippen LogP) is 5.01. The van der Waals surface area contributed by atoms with Crippen LogP contribution in [0.3, 0.4) is 0 Å². The van der Waals surface area contributed by atoms with E-state index in [9.17, 15) is 19.2 Å². The fraction of sp³-hybridized carbons (Fsp3) is 0.176. The zero-order valence-corrected chi connectivity index (χ0v) is 33.2. The molecule has 0 saturated carbocycles. The summed E-state index contributed by atoms with van der Waals surface area (Å²) in [5.41, 5.74) is 1.81. The fourth-order valence-corrected chi connectivity index (χ4v) is 5.06. The number of nitrogens with zero attached hydrogens (tertiary/aromatic N) is 2. The molecule has 46 heavy (non-hydrogen) atoms. The number of hydrogen-bond acceptors (Lipinski definition) is 6. The van der Waals surface area contributed by atoms with Crippen LogP contribution in [0.2, 0.25) is 0 Å². The van der Waals surface area contributed by atoms with Gasteiger partial charge in [-0.15, -0.1) is 11.6 Å². The predicted molar refractivity (Wildman–Crippen MR) is 190 cm³/mol. The number of carbonyl (C=O) groups is 4. The molecule has 6 rings (SSSR count). The molecule has 0 N–H and O–H groups in total. The van der Waals surface area contributed by atoms with E-state index in [-0.39, 0.29) is 63.2 Å². The molecule has 4 amide bonds. The number of carbonyl (C=O) groups excluding carboxylic acids is 4. The summed E-state index contributed by atoms with van der Waals surface area (Å²) < 4.78 is 13.4. The van der Waals surface area contributed by atoms with E-state index in [4.69, 9.17) is 21.1 Å². The Morgan fingerprint density at radius 1 is 0.587 bits per heavy atom. The molecule has 0 aromatic heterocycles. The van der Waals surface area contributed by atoms with E-state index < -0.39 is 11.8 Å². The van der Waals surface area contributed by atoms with Crippen molar-refractivity contribution in [2.45, 2.75) is 12.8 Å². The maximum Gasteiger partial charge on any atom is 1.00 e. The number of benzene rings is 4. The summed E-state index contributed by atoms with van der Waals surface area (Å²) in [5.74, 6) is 1.09. The van der Waals surface area contributed by atoms with Crippen LogP contribution >= 0.6 is 56.8 Å². The molecule has 0 bridgehead atoms. The summed E-state index contributed by atoms with van der Waals surface area (Å²) in [6, 6.07) is 29.3. The largest absolute Gasteiger partial charge is 1.00 e. The maximum absolute atomic E-state index is 12.2. The maximum atomic E-state index is 12.2. The van der Waals surface area contributed by atoms with Crippen LogP contribution < -0.4 is 60.9 Å². The van der Waals surface area contributed by atoms with Gasteiger partial charge >= 0.3 is 51.4 Å². The van der Waals surface area contributed by atoms with E-state index in [2.05, 4.69) is 50.5 Å². The molecule has 0 fully saturated rings. The normalized spacial score (nSPS) is 12.5. The molecular weight excluding hydrogens is 861 g/mol. The molecule has 4 aromatic rings. The van der Waals surface area contributed by atoms with Crippen molar-refractivity contribution in [3.05, 3.63) is 132 Å². The first-order chi connectivity index (χ1) is 21.8. The summed E-state index contributed by atoms with van der Waals surface area (Å²) in [7, 11) is 0. The number of rotatable bonds is 9. The van der Waals surface area contributed by atoms with Crippen molar-refractivity contribution >= 4 is 80.4 Å². The second-order valence-corrected chi connectivity index (χ2v) is 12.4. The van der Waals surface area contributed by atoms with Gasteiger partial charge in [0.15, 0.2) is 0 Å². The molecule has 0 unspecified atom stereocenters. The van der Waals surface area contributed by atoms with Crippen LogP contribution in [-0.2, 0) is 0 Å². The van der Waals surface area contributed by atoms with Crippen LogP contribution in [0.4, 0.5) is 0 Å². The van der Waals surface area contributed by atoms with Crippen molar-refractivity contribution in [2.24, 2.45) is 0 Å². The number of halogens is 3. The van der Waals surface area contributed by atoms with E-state index in [1.54, 1.807) is 48.5 Å². The number of amides is 4. The average molecular weight is 889 g/mol. The zero-order valence-electron chi connectivity index (χ0n) is 25.0. The number of hydrogen-bond donors (Lipinski definition) is 0. The first-order valence-corrected chi connectivity index (χ1v) is 16.6. The second-order valence-electron chi connectivity index (χ2n) is 9.58. The summed E-state index contributed by atoms with van der Waals surface area (Å²) in [5, 5.41) is 3.28. The molecule has 2 aliphatic heterocycles. The van der Waals surface area contributed by atoms with Gasteiger partial charge in [0.25, 0.3) is 11.8 Å². The third-order valence-corrected chi connectivity index (χ3v) is 8.14. The van der Waals surface area contributed by atoms with Crippen LogP contribution in [0.1, 0.15) is 54.3 Å². The van der Waals surface area contributed by atoms with E-state index in [0.717, 1.165) is 21.5 Å². The van der Waals surface area contributed by atoms with E-state index in [0.29, 0.717) is 54.3 Å². The minimum absolute atomic E-state index is 0. The molecule has 0 saturated heterocycles. The minimum Gasteiger partial charge on any atom is -0.587 e. The Balaban J connectivity index is 0.000000203. The van der Waals surface area contributed by atoms with Gasteiger partial charge in [0.1, 0.15) is 11.5 Å². The summed E-state index contributed by atoms with van der Waals surface area (Å²) in [6.45, 7) is 1.54. The van der Waals surface area contributed by atoms with Crippen molar-refractivity contribution in [2.75, 3.05) is 25.6 Å². The molecule has 2 aliphatic rings. The minimum atomic E-state index is -0.425. The summed E-state index contributed by atoms with van der Waals surface area (Å²) >= 11 is 10.0. The van der Waals surface area contributed by atoms with Gasteiger partial charge in [-0.25, -0.2) is 0 Å². The molecular formula is C34H28ClI2KN2O6. The molecule has 232 valence electrons. The third kappa shape index (κ3) is 11.1. The molecule has 12 heteroatoms. The molecule has 0 spiro atoms. The van der Waals surface area contributed by atoms with Crippen LogP contribution in [0.5, 0.6) is 11.5 Å². The van der Waals surface area contributed by atoms with Gasteiger partial charge in [-0.05, 0) is 119 Å². The second kappa shape index (κ2) is 19.8. The number of imide groups is 2. The monoisotopic (exact) mass is 888 g/mol. The SMILES string of the molecule is ClCCCOc1ccc(I)cc1.O=C1[N-]C(=O)c2ccccc21.O=C1c2ccccc2C(=O)N1CCCOc1ccc(I)cc1.[K+]. The van der Waals surface area contributed by atoms with Crippen LogP contribution in [0, 0.1) is 7.14 Å². The Morgan fingerprint density at radius 2 is 0.978 bits per heavy atom. The molecule has 0 radical (unpaired) electrons. The number of ether oxygens (including phenoxy) is 2. The van der Waals surface area contributed by atoms with Crippen molar-refractivity contribution in [1.29, 1.82) is 0 Å². The van der Waals surface area contributed by atoms with Crippen LogP contribution in [0.15, 0.2) is 97.1 Å². The Hall–Kier alpha value is -1.85. The van der Waals surface area contributed by atoms with E-state index >= 15 is 0 Å². The number of alkyl halides is 1. The van der Waals surface area contributed by atoms with Gasteiger partial charge in [-0.3, -0.25) is 14.5 Å². The topological polar surface area (TPSA) is 104 Å². The van der Waals surface area contributed by atoms with Crippen molar-refractivity contribution in [1.82, 2.24) is 4.90 Å². The van der Waals surface area contributed by atoms with Crippen LogP contribution in [-0.4, -0.2) is 54.2 Å². The van der Waals surface area contributed by atoms with Gasteiger partial charge in [-0.2, -0.15) is 0 Å². The fourth-order valence-electron chi connectivity index (χ4n) is 4.23. The molecule has 2 heterocycles. The van der Waals surface area contributed by atoms with Gasteiger partial charge in [-0.1, -0.05) is 36.4 Å². The van der Waals surface area contributed by atoms with Gasteiger partial charge in [0.2, 0.25) is 0 Å².